The van der Waals surface area contributed by atoms with Crippen molar-refractivity contribution in [2.24, 2.45) is 7.05 Å². The molecule has 88 valence electrons. The molecule has 0 aliphatic carbocycles. The maximum atomic E-state index is 12.1. The summed E-state index contributed by atoms with van der Waals surface area (Å²) in [6, 6.07) is 5.16. The highest BCUT2D eigenvalue weighted by molar-refractivity contribution is 9.10. The minimum atomic E-state index is -0.124. The first-order valence-corrected chi connectivity index (χ1v) is 5.65. The Morgan fingerprint density at radius 3 is 2.76 bits per heavy atom. The lowest BCUT2D eigenvalue weighted by Crippen LogP contribution is -2.08. The number of carbonyl (C=O) groups is 1. The van der Waals surface area contributed by atoms with Crippen molar-refractivity contribution >= 4 is 21.7 Å². The molecule has 0 radical (unpaired) electrons. The molecule has 2 rings (SSSR count). The van der Waals surface area contributed by atoms with E-state index in [2.05, 4.69) is 26.2 Å². The number of carbonyl (C=O) groups excluding carboxylic acids is 1. The lowest BCUT2D eigenvalue weighted by molar-refractivity contribution is 0.103. The van der Waals surface area contributed by atoms with Gasteiger partial charge in [-0.2, -0.15) is 0 Å². The second-order valence-electron chi connectivity index (χ2n) is 3.42. The molecule has 17 heavy (non-hydrogen) atoms. The smallest absolute Gasteiger partial charge is 0.212 e. The standard InChI is InChI=1S/C11H10BrN3O2/c1-15-9(6-13-14-15)11(16)7-3-4-10(17-2)8(12)5-7/h3-6H,1-2H3. The van der Waals surface area contributed by atoms with E-state index in [1.165, 1.54) is 10.9 Å². The van der Waals surface area contributed by atoms with Crippen LogP contribution in [0.15, 0.2) is 28.9 Å². The fraction of sp³-hybridized carbons (Fsp3) is 0.182. The molecule has 0 saturated heterocycles. The zero-order valence-corrected chi connectivity index (χ0v) is 10.9. The summed E-state index contributed by atoms with van der Waals surface area (Å²) < 4.78 is 7.29. The van der Waals surface area contributed by atoms with Gasteiger partial charge in [0.05, 0.1) is 17.8 Å². The van der Waals surface area contributed by atoms with Crippen LogP contribution in [0, 0.1) is 0 Å². The highest BCUT2D eigenvalue weighted by Crippen LogP contribution is 2.26. The molecule has 0 amide bonds. The Morgan fingerprint density at radius 1 is 1.47 bits per heavy atom. The van der Waals surface area contributed by atoms with Crippen molar-refractivity contribution < 1.29 is 9.53 Å². The molecule has 5 nitrogen and oxygen atoms in total. The number of ketones is 1. The number of halogens is 1. The number of nitrogens with zero attached hydrogens (tertiary/aromatic N) is 3. The maximum Gasteiger partial charge on any atom is 0.212 e. The molecule has 6 heteroatoms. The van der Waals surface area contributed by atoms with Crippen molar-refractivity contribution in [2.45, 2.75) is 0 Å². The largest absolute Gasteiger partial charge is 0.496 e. The average molecular weight is 296 g/mol. The van der Waals surface area contributed by atoms with E-state index in [-0.39, 0.29) is 5.78 Å². The van der Waals surface area contributed by atoms with Crippen LogP contribution in [0.3, 0.4) is 0 Å². The Labute approximate surface area is 107 Å². The number of rotatable bonds is 3. The number of aryl methyl sites for hydroxylation is 1. The normalized spacial score (nSPS) is 10.3. The summed E-state index contributed by atoms with van der Waals surface area (Å²) >= 11 is 3.34. The van der Waals surface area contributed by atoms with Crippen LogP contribution in [0.1, 0.15) is 16.1 Å². The Hall–Kier alpha value is -1.69. The zero-order valence-electron chi connectivity index (χ0n) is 9.35. The number of hydrogen-bond acceptors (Lipinski definition) is 4. The van der Waals surface area contributed by atoms with Gasteiger partial charge in [-0.15, -0.1) is 5.10 Å². The maximum absolute atomic E-state index is 12.1. The molecule has 1 heterocycles. The van der Waals surface area contributed by atoms with Crippen molar-refractivity contribution in [1.82, 2.24) is 15.0 Å². The monoisotopic (exact) mass is 295 g/mol. The minimum absolute atomic E-state index is 0.124. The number of ether oxygens (including phenoxy) is 1. The summed E-state index contributed by atoms with van der Waals surface area (Å²) in [6.45, 7) is 0. The lowest BCUT2D eigenvalue weighted by Gasteiger charge is -2.05. The van der Waals surface area contributed by atoms with Crippen LogP contribution < -0.4 is 4.74 Å². The van der Waals surface area contributed by atoms with E-state index in [4.69, 9.17) is 4.74 Å². The van der Waals surface area contributed by atoms with E-state index in [1.807, 2.05) is 0 Å². The van der Waals surface area contributed by atoms with Crippen LogP contribution in [0.4, 0.5) is 0 Å². The van der Waals surface area contributed by atoms with E-state index < -0.39 is 0 Å². The SMILES string of the molecule is COc1ccc(C(=O)c2cnnn2C)cc1Br. The Balaban J connectivity index is 2.39. The van der Waals surface area contributed by atoms with Crippen molar-refractivity contribution in [1.29, 1.82) is 0 Å². The first-order chi connectivity index (χ1) is 8.13. The van der Waals surface area contributed by atoms with Crippen LogP contribution >= 0.6 is 15.9 Å². The highest BCUT2D eigenvalue weighted by Gasteiger charge is 2.14. The van der Waals surface area contributed by atoms with Crippen LogP contribution in [0.25, 0.3) is 0 Å². The lowest BCUT2D eigenvalue weighted by atomic mass is 10.1. The van der Waals surface area contributed by atoms with Gasteiger partial charge >= 0.3 is 0 Å². The van der Waals surface area contributed by atoms with Crippen molar-refractivity contribution in [3.63, 3.8) is 0 Å². The van der Waals surface area contributed by atoms with Crippen molar-refractivity contribution in [2.75, 3.05) is 7.11 Å². The second kappa shape index (κ2) is 4.67. The molecule has 2 aromatic rings. The predicted octanol–water partition coefficient (Wildman–Crippen LogP) is 1.82. The molecule has 0 aliphatic rings. The molecule has 1 aromatic carbocycles. The molecule has 0 aliphatic heterocycles. The van der Waals surface area contributed by atoms with Gasteiger partial charge < -0.3 is 4.74 Å². The van der Waals surface area contributed by atoms with Crippen LogP contribution in [-0.2, 0) is 7.05 Å². The van der Waals surface area contributed by atoms with Crippen LogP contribution in [0.2, 0.25) is 0 Å². The molecule has 0 N–H and O–H groups in total. The predicted molar refractivity (Wildman–Crippen MR) is 65.1 cm³/mol. The summed E-state index contributed by atoms with van der Waals surface area (Å²) in [6.07, 6.45) is 1.44. The molecule has 1 aromatic heterocycles. The van der Waals surface area contributed by atoms with Gasteiger partial charge in [0.15, 0.2) is 0 Å². The van der Waals surface area contributed by atoms with Gasteiger partial charge in [-0.3, -0.25) is 4.79 Å². The van der Waals surface area contributed by atoms with E-state index >= 15 is 0 Å². The molecule has 0 bridgehead atoms. The van der Waals surface area contributed by atoms with Gasteiger partial charge in [0.2, 0.25) is 5.78 Å². The average Bonchev–Trinajstić information content (AvgIpc) is 2.74. The Kier molecular flexibility index (Phi) is 3.23. The Bertz CT molecular complexity index is 566. The summed E-state index contributed by atoms with van der Waals surface area (Å²) in [5, 5.41) is 7.41. The molecular weight excluding hydrogens is 286 g/mol. The van der Waals surface area contributed by atoms with Gasteiger partial charge in [-0.25, -0.2) is 4.68 Å². The van der Waals surface area contributed by atoms with Gasteiger partial charge in [-0.1, -0.05) is 5.21 Å². The molecule has 0 unspecified atom stereocenters. The number of benzene rings is 1. The molecule has 0 atom stereocenters. The third kappa shape index (κ3) is 2.21. The summed E-state index contributed by atoms with van der Waals surface area (Å²) in [7, 11) is 3.26. The quantitative estimate of drug-likeness (QED) is 0.811. The number of hydrogen-bond donors (Lipinski definition) is 0. The summed E-state index contributed by atoms with van der Waals surface area (Å²) in [4.78, 5) is 12.1. The number of methoxy groups -OCH3 is 1. The van der Waals surface area contributed by atoms with E-state index in [9.17, 15) is 4.79 Å². The van der Waals surface area contributed by atoms with Gasteiger partial charge in [0, 0.05) is 12.6 Å². The zero-order chi connectivity index (χ0) is 12.4. The van der Waals surface area contributed by atoms with Crippen LogP contribution in [-0.4, -0.2) is 27.9 Å². The number of aromatic nitrogens is 3. The van der Waals surface area contributed by atoms with E-state index in [0.29, 0.717) is 17.0 Å². The Morgan fingerprint density at radius 2 is 2.24 bits per heavy atom. The molecule has 0 spiro atoms. The molecule has 0 fully saturated rings. The first-order valence-electron chi connectivity index (χ1n) is 4.86. The van der Waals surface area contributed by atoms with E-state index in [1.54, 1.807) is 32.4 Å². The van der Waals surface area contributed by atoms with Gasteiger partial charge in [0.25, 0.3) is 0 Å². The third-order valence-electron chi connectivity index (χ3n) is 2.36. The van der Waals surface area contributed by atoms with Crippen LogP contribution in [0.5, 0.6) is 5.75 Å². The van der Waals surface area contributed by atoms with Gasteiger partial charge in [0.1, 0.15) is 11.4 Å². The summed E-state index contributed by atoms with van der Waals surface area (Å²) in [5.74, 6) is 0.561. The summed E-state index contributed by atoms with van der Waals surface area (Å²) in [5.41, 5.74) is 1.00. The molecule has 0 saturated carbocycles. The highest BCUT2D eigenvalue weighted by atomic mass is 79.9. The third-order valence-corrected chi connectivity index (χ3v) is 2.98. The van der Waals surface area contributed by atoms with Crippen molar-refractivity contribution in [3.05, 3.63) is 40.1 Å². The second-order valence-corrected chi connectivity index (χ2v) is 4.28. The first kappa shape index (κ1) is 11.8. The van der Waals surface area contributed by atoms with E-state index in [0.717, 1.165) is 4.47 Å². The minimum Gasteiger partial charge on any atom is -0.496 e. The fourth-order valence-electron chi connectivity index (χ4n) is 1.45. The van der Waals surface area contributed by atoms with Gasteiger partial charge in [-0.05, 0) is 34.1 Å². The molecular formula is C11H10BrN3O2. The van der Waals surface area contributed by atoms with Crippen molar-refractivity contribution in [3.8, 4) is 5.75 Å². The topological polar surface area (TPSA) is 57.0 Å². The fourth-order valence-corrected chi connectivity index (χ4v) is 1.99.